The van der Waals surface area contributed by atoms with E-state index in [4.69, 9.17) is 4.74 Å². The van der Waals surface area contributed by atoms with Crippen molar-refractivity contribution in [1.82, 2.24) is 0 Å². The van der Waals surface area contributed by atoms with Crippen LogP contribution in [0.5, 0.6) is 0 Å². The van der Waals surface area contributed by atoms with Crippen LogP contribution in [-0.2, 0) is 4.74 Å². The lowest BCUT2D eigenvalue weighted by Crippen LogP contribution is -2.33. The molecule has 2 aliphatic carbocycles. The second-order valence-corrected chi connectivity index (χ2v) is 7.64. The van der Waals surface area contributed by atoms with Gasteiger partial charge in [0.05, 0.1) is 24.9 Å². The lowest BCUT2D eigenvalue weighted by Gasteiger charge is -2.33. The summed E-state index contributed by atoms with van der Waals surface area (Å²) in [7, 11) is 0. The molecule has 4 rings (SSSR count). The first-order valence-electron chi connectivity index (χ1n) is 9.72. The van der Waals surface area contributed by atoms with Gasteiger partial charge in [-0.05, 0) is 58.5 Å². The molecule has 1 fully saturated rings. The summed E-state index contributed by atoms with van der Waals surface area (Å²) in [5.41, 5.74) is 4.99. The molecule has 0 amide bonds. The van der Waals surface area contributed by atoms with Gasteiger partial charge >= 0.3 is 0 Å². The van der Waals surface area contributed by atoms with Crippen molar-refractivity contribution in [2.24, 2.45) is 0 Å². The number of aliphatic hydroxyl groups excluding tert-OH is 2. The number of fused-ring (bicyclic) bond motifs is 1. The third kappa shape index (κ3) is 3.81. The summed E-state index contributed by atoms with van der Waals surface area (Å²) in [4.78, 5) is 0. The van der Waals surface area contributed by atoms with Crippen molar-refractivity contribution in [3.05, 3.63) is 82.9 Å². The number of halogens is 1. The smallest absolute Gasteiger partial charge is 0.151 e. The number of rotatable bonds is 4. The van der Waals surface area contributed by atoms with Gasteiger partial charge in [-0.3, -0.25) is 0 Å². The monoisotopic (exact) mass is 380 g/mol. The lowest BCUT2D eigenvalue weighted by molar-refractivity contribution is -0.113. The third-order valence-corrected chi connectivity index (χ3v) is 5.57. The Morgan fingerprint density at radius 2 is 1.75 bits per heavy atom. The highest BCUT2D eigenvalue weighted by Gasteiger charge is 2.30. The fourth-order valence-electron chi connectivity index (χ4n) is 4.02. The molecule has 2 N–H and O–H groups in total. The van der Waals surface area contributed by atoms with Gasteiger partial charge in [-0.1, -0.05) is 42.5 Å². The van der Waals surface area contributed by atoms with Crippen molar-refractivity contribution in [3.63, 3.8) is 0 Å². The van der Waals surface area contributed by atoms with Crippen LogP contribution in [0.25, 0.3) is 11.1 Å². The minimum Gasteiger partial charge on any atom is -0.394 e. The molecule has 1 heterocycles. The average molecular weight is 380 g/mol. The van der Waals surface area contributed by atoms with Crippen molar-refractivity contribution in [3.8, 4) is 11.1 Å². The molecule has 1 aromatic carbocycles. The topological polar surface area (TPSA) is 49.7 Å². The van der Waals surface area contributed by atoms with Crippen LogP contribution >= 0.6 is 0 Å². The Kier molecular flexibility index (Phi) is 5.44. The molecular weight excluding hydrogens is 355 g/mol. The van der Waals surface area contributed by atoms with Gasteiger partial charge in [0.15, 0.2) is 6.17 Å². The first-order valence-corrected chi connectivity index (χ1v) is 9.72. The summed E-state index contributed by atoms with van der Waals surface area (Å²) in [5, 5.41) is 19.5. The van der Waals surface area contributed by atoms with Gasteiger partial charge < -0.3 is 14.9 Å². The van der Waals surface area contributed by atoms with E-state index in [2.05, 4.69) is 0 Å². The Labute approximate surface area is 164 Å². The molecule has 28 heavy (non-hydrogen) atoms. The zero-order valence-corrected chi connectivity index (χ0v) is 15.9. The van der Waals surface area contributed by atoms with Gasteiger partial charge in [-0.15, -0.1) is 0 Å². The molecule has 0 aromatic heterocycles. The van der Waals surface area contributed by atoms with Crippen molar-refractivity contribution < 1.29 is 19.3 Å². The lowest BCUT2D eigenvalue weighted by atomic mass is 9.92. The quantitative estimate of drug-likeness (QED) is 0.688. The number of ether oxygens (including phenoxy) is 1. The molecule has 0 radical (unpaired) electrons. The SMILES string of the molecule is Cc1ccc(C2CC(O)CC(CO)O2)cc1C(F)c1cc2cccccc-2c1. The predicted octanol–water partition coefficient (Wildman–Crippen LogP) is 4.73. The largest absolute Gasteiger partial charge is 0.394 e. The summed E-state index contributed by atoms with van der Waals surface area (Å²) in [5.74, 6) is 0. The van der Waals surface area contributed by atoms with E-state index >= 15 is 4.39 Å². The van der Waals surface area contributed by atoms with Gasteiger partial charge in [0.25, 0.3) is 0 Å². The molecule has 1 saturated heterocycles. The molecule has 1 aliphatic heterocycles. The first-order chi connectivity index (χ1) is 13.5. The Bertz CT molecular complexity index is 895. The molecule has 4 atom stereocenters. The second-order valence-electron chi connectivity index (χ2n) is 7.64. The molecular formula is C24H25FO3. The maximum atomic E-state index is 15.5. The zero-order valence-electron chi connectivity index (χ0n) is 15.9. The summed E-state index contributed by atoms with van der Waals surface area (Å²) in [6.45, 7) is 1.77. The number of hydrogen-bond acceptors (Lipinski definition) is 3. The Hall–Kier alpha value is -2.27. The highest BCUT2D eigenvalue weighted by molar-refractivity contribution is 5.68. The summed E-state index contributed by atoms with van der Waals surface area (Å²) >= 11 is 0. The van der Waals surface area contributed by atoms with E-state index in [1.54, 1.807) is 0 Å². The van der Waals surface area contributed by atoms with Gasteiger partial charge in [0, 0.05) is 12.8 Å². The molecule has 4 unspecified atom stereocenters. The van der Waals surface area contributed by atoms with E-state index in [0.29, 0.717) is 24.0 Å². The third-order valence-electron chi connectivity index (χ3n) is 5.57. The van der Waals surface area contributed by atoms with Crippen molar-refractivity contribution in [1.29, 1.82) is 0 Å². The minimum atomic E-state index is -1.24. The average Bonchev–Trinajstić information content (AvgIpc) is 2.97. The van der Waals surface area contributed by atoms with Crippen LogP contribution in [-0.4, -0.2) is 29.0 Å². The second kappa shape index (κ2) is 8.00. The van der Waals surface area contributed by atoms with Crippen LogP contribution in [0.15, 0.2) is 60.7 Å². The van der Waals surface area contributed by atoms with E-state index in [0.717, 1.165) is 22.3 Å². The Balaban J connectivity index is 1.66. The van der Waals surface area contributed by atoms with Crippen LogP contribution in [0.2, 0.25) is 0 Å². The number of aliphatic hydroxyl groups is 2. The van der Waals surface area contributed by atoms with Gasteiger partial charge in [0.1, 0.15) is 0 Å². The van der Waals surface area contributed by atoms with Crippen molar-refractivity contribution in [2.45, 2.75) is 44.2 Å². The molecule has 0 bridgehead atoms. The molecule has 1 aromatic rings. The van der Waals surface area contributed by atoms with Gasteiger partial charge in [-0.2, -0.15) is 0 Å². The van der Waals surface area contributed by atoms with E-state index in [1.807, 2.05) is 67.6 Å². The van der Waals surface area contributed by atoms with E-state index in [1.165, 1.54) is 0 Å². The zero-order chi connectivity index (χ0) is 19.7. The van der Waals surface area contributed by atoms with Crippen LogP contribution in [0.1, 0.15) is 47.4 Å². The molecule has 4 heteroatoms. The van der Waals surface area contributed by atoms with Crippen LogP contribution < -0.4 is 0 Å². The van der Waals surface area contributed by atoms with Crippen LogP contribution in [0.3, 0.4) is 0 Å². The van der Waals surface area contributed by atoms with Gasteiger partial charge in [0.2, 0.25) is 0 Å². The van der Waals surface area contributed by atoms with Crippen molar-refractivity contribution >= 4 is 0 Å². The summed E-state index contributed by atoms with van der Waals surface area (Å²) in [6.07, 6.45) is -1.62. The highest BCUT2D eigenvalue weighted by atomic mass is 19.1. The van der Waals surface area contributed by atoms with Crippen LogP contribution in [0.4, 0.5) is 4.39 Å². The van der Waals surface area contributed by atoms with E-state index in [-0.39, 0.29) is 18.8 Å². The fourth-order valence-corrected chi connectivity index (χ4v) is 4.02. The number of aryl methyl sites for hydroxylation is 1. The molecule has 0 saturated carbocycles. The highest BCUT2D eigenvalue weighted by Crippen LogP contribution is 2.38. The summed E-state index contributed by atoms with van der Waals surface area (Å²) in [6, 6.07) is 19.3. The number of alkyl halides is 1. The summed E-state index contributed by atoms with van der Waals surface area (Å²) < 4.78 is 21.4. The Morgan fingerprint density at radius 1 is 1.04 bits per heavy atom. The van der Waals surface area contributed by atoms with E-state index in [9.17, 15) is 10.2 Å². The maximum absolute atomic E-state index is 15.5. The normalized spacial score (nSPS) is 23.6. The van der Waals surface area contributed by atoms with E-state index < -0.39 is 12.3 Å². The number of benzene rings is 1. The maximum Gasteiger partial charge on any atom is 0.151 e. The predicted molar refractivity (Wildman–Crippen MR) is 107 cm³/mol. The molecule has 146 valence electrons. The first kappa shape index (κ1) is 19.1. The minimum absolute atomic E-state index is 0.129. The number of hydrogen-bond donors (Lipinski definition) is 2. The molecule has 3 nitrogen and oxygen atoms in total. The molecule has 0 spiro atoms. The van der Waals surface area contributed by atoms with Gasteiger partial charge in [-0.25, -0.2) is 4.39 Å². The Morgan fingerprint density at radius 3 is 2.43 bits per heavy atom. The van der Waals surface area contributed by atoms with Crippen molar-refractivity contribution in [2.75, 3.05) is 6.61 Å². The standard InChI is InChI=1S/C24H25FO3/c1-15-7-8-18(23-13-20(27)12-21(14-26)28-23)11-22(15)24(25)19-9-16-5-3-2-4-6-17(16)10-19/h2-11,20-21,23-24,26-27H,12-14H2,1H3. The fraction of sp³-hybridized carbons (Fsp3) is 0.333. The molecule has 3 aliphatic rings. The van der Waals surface area contributed by atoms with Crippen LogP contribution in [0, 0.1) is 6.92 Å².